The number of carbonyl (C=O) groups is 1. The monoisotopic (exact) mass is 402 g/mol. The Morgan fingerprint density at radius 2 is 1.69 bits per heavy atom. The third-order valence-electron chi connectivity index (χ3n) is 3.81. The SMILES string of the molecule is COc1ccc(/C(C)=N/NC(=O)COc2ccc(C)cc2[N+](=O)[O-])cc1[N+](=O)[O-]. The van der Waals surface area contributed by atoms with Crippen LogP contribution in [0.15, 0.2) is 41.5 Å². The van der Waals surface area contributed by atoms with E-state index in [0.717, 1.165) is 0 Å². The number of ether oxygens (including phenoxy) is 2. The first-order chi connectivity index (χ1) is 13.7. The highest BCUT2D eigenvalue weighted by atomic mass is 16.6. The van der Waals surface area contributed by atoms with Gasteiger partial charge in [0.1, 0.15) is 0 Å². The first-order valence-corrected chi connectivity index (χ1v) is 8.26. The molecule has 1 N–H and O–H groups in total. The van der Waals surface area contributed by atoms with E-state index in [1.807, 2.05) is 0 Å². The average Bonchev–Trinajstić information content (AvgIpc) is 2.70. The van der Waals surface area contributed by atoms with Crippen LogP contribution in [0.1, 0.15) is 18.1 Å². The predicted octanol–water partition coefficient (Wildman–Crippen LogP) is 2.74. The number of nitrogens with one attached hydrogen (secondary N) is 1. The summed E-state index contributed by atoms with van der Waals surface area (Å²) in [6, 6.07) is 8.63. The molecule has 0 radical (unpaired) electrons. The summed E-state index contributed by atoms with van der Waals surface area (Å²) in [5.74, 6) is -0.590. The highest BCUT2D eigenvalue weighted by Crippen LogP contribution is 2.28. The lowest BCUT2D eigenvalue weighted by molar-refractivity contribution is -0.386. The van der Waals surface area contributed by atoms with Crippen LogP contribution >= 0.6 is 0 Å². The van der Waals surface area contributed by atoms with Crippen LogP contribution in [-0.2, 0) is 4.79 Å². The van der Waals surface area contributed by atoms with Gasteiger partial charge in [0.05, 0.1) is 22.7 Å². The first-order valence-electron chi connectivity index (χ1n) is 8.26. The maximum absolute atomic E-state index is 11.9. The lowest BCUT2D eigenvalue weighted by atomic mass is 10.1. The van der Waals surface area contributed by atoms with Crippen LogP contribution in [0.3, 0.4) is 0 Å². The molecule has 0 saturated heterocycles. The van der Waals surface area contributed by atoms with E-state index in [1.165, 1.54) is 31.4 Å². The molecule has 0 fully saturated rings. The largest absolute Gasteiger partial charge is 0.490 e. The Morgan fingerprint density at radius 1 is 1.07 bits per heavy atom. The van der Waals surface area contributed by atoms with Crippen molar-refractivity contribution in [3.8, 4) is 11.5 Å². The second-order valence-corrected chi connectivity index (χ2v) is 5.89. The van der Waals surface area contributed by atoms with Crippen LogP contribution in [0, 0.1) is 27.2 Å². The van der Waals surface area contributed by atoms with Crippen molar-refractivity contribution in [3.63, 3.8) is 0 Å². The second-order valence-electron chi connectivity index (χ2n) is 5.89. The Morgan fingerprint density at radius 3 is 2.31 bits per heavy atom. The normalized spacial score (nSPS) is 10.9. The summed E-state index contributed by atoms with van der Waals surface area (Å²) in [4.78, 5) is 32.9. The number of hydrazone groups is 1. The molecule has 0 saturated carbocycles. The molecule has 0 aliphatic carbocycles. The van der Waals surface area contributed by atoms with Crippen LogP contribution < -0.4 is 14.9 Å². The van der Waals surface area contributed by atoms with Gasteiger partial charge in [-0.1, -0.05) is 6.07 Å². The van der Waals surface area contributed by atoms with Gasteiger partial charge < -0.3 is 9.47 Å². The van der Waals surface area contributed by atoms with Gasteiger partial charge in [0.25, 0.3) is 5.91 Å². The predicted molar refractivity (Wildman–Crippen MR) is 103 cm³/mol. The summed E-state index contributed by atoms with van der Waals surface area (Å²) in [5.41, 5.74) is 3.16. The molecule has 0 unspecified atom stereocenters. The Balaban J connectivity index is 2.05. The second kappa shape index (κ2) is 9.26. The quantitative estimate of drug-likeness (QED) is 0.406. The Bertz CT molecular complexity index is 988. The zero-order chi connectivity index (χ0) is 21.6. The summed E-state index contributed by atoms with van der Waals surface area (Å²) >= 11 is 0. The van der Waals surface area contributed by atoms with E-state index in [0.29, 0.717) is 16.8 Å². The topological polar surface area (TPSA) is 146 Å². The van der Waals surface area contributed by atoms with Crippen molar-refractivity contribution in [3.05, 3.63) is 67.8 Å². The van der Waals surface area contributed by atoms with Gasteiger partial charge in [-0.25, -0.2) is 5.43 Å². The number of hydrogen-bond donors (Lipinski definition) is 1. The van der Waals surface area contributed by atoms with Gasteiger partial charge in [0.2, 0.25) is 0 Å². The molecule has 152 valence electrons. The van der Waals surface area contributed by atoms with Gasteiger partial charge in [-0.15, -0.1) is 0 Å². The van der Waals surface area contributed by atoms with E-state index < -0.39 is 22.4 Å². The van der Waals surface area contributed by atoms with E-state index in [1.54, 1.807) is 26.0 Å². The molecule has 0 heterocycles. The smallest absolute Gasteiger partial charge is 0.311 e. The number of carbonyl (C=O) groups excluding carboxylic acids is 1. The van der Waals surface area contributed by atoms with Gasteiger partial charge in [0.15, 0.2) is 18.1 Å². The number of aryl methyl sites for hydroxylation is 1. The van der Waals surface area contributed by atoms with E-state index in [-0.39, 0.29) is 22.9 Å². The molecule has 0 spiro atoms. The summed E-state index contributed by atoms with van der Waals surface area (Å²) < 4.78 is 10.1. The summed E-state index contributed by atoms with van der Waals surface area (Å²) in [7, 11) is 1.32. The van der Waals surface area contributed by atoms with Crippen molar-refractivity contribution in [1.29, 1.82) is 0 Å². The van der Waals surface area contributed by atoms with E-state index in [4.69, 9.17) is 9.47 Å². The molecule has 11 nitrogen and oxygen atoms in total. The van der Waals surface area contributed by atoms with E-state index in [2.05, 4.69) is 10.5 Å². The fourth-order valence-corrected chi connectivity index (χ4v) is 2.34. The number of nitro groups is 2. The highest BCUT2D eigenvalue weighted by Gasteiger charge is 2.17. The molecule has 2 aromatic carbocycles. The minimum absolute atomic E-state index is 0.0396. The third-order valence-corrected chi connectivity index (χ3v) is 3.81. The van der Waals surface area contributed by atoms with Gasteiger partial charge in [-0.05, 0) is 37.6 Å². The number of amides is 1. The van der Waals surface area contributed by atoms with Crippen molar-refractivity contribution < 1.29 is 24.1 Å². The number of hydrogen-bond acceptors (Lipinski definition) is 8. The number of nitrogens with zero attached hydrogens (tertiary/aromatic N) is 3. The van der Waals surface area contributed by atoms with Crippen LogP contribution in [0.2, 0.25) is 0 Å². The van der Waals surface area contributed by atoms with Crippen molar-refractivity contribution >= 4 is 23.0 Å². The van der Waals surface area contributed by atoms with Crippen molar-refractivity contribution in [1.82, 2.24) is 5.43 Å². The molecule has 0 bridgehead atoms. The molecule has 2 aromatic rings. The van der Waals surface area contributed by atoms with Crippen LogP contribution in [0.4, 0.5) is 11.4 Å². The number of benzene rings is 2. The fraction of sp³-hybridized carbons (Fsp3) is 0.222. The van der Waals surface area contributed by atoms with Gasteiger partial charge in [-0.3, -0.25) is 25.0 Å². The minimum Gasteiger partial charge on any atom is -0.490 e. The average molecular weight is 402 g/mol. The summed E-state index contributed by atoms with van der Waals surface area (Å²) in [6.45, 7) is 2.76. The molecule has 0 atom stereocenters. The molecule has 1 amide bonds. The summed E-state index contributed by atoms with van der Waals surface area (Å²) in [6.07, 6.45) is 0. The summed E-state index contributed by atoms with van der Waals surface area (Å²) in [5, 5.41) is 26.0. The Hall–Kier alpha value is -4.02. The third kappa shape index (κ3) is 5.48. The lowest BCUT2D eigenvalue weighted by Gasteiger charge is -2.07. The Labute approximate surface area is 165 Å². The van der Waals surface area contributed by atoms with Gasteiger partial charge in [-0.2, -0.15) is 5.10 Å². The van der Waals surface area contributed by atoms with E-state index in [9.17, 15) is 25.0 Å². The molecule has 0 aliphatic heterocycles. The maximum atomic E-state index is 11.9. The molecule has 0 aliphatic rings. The van der Waals surface area contributed by atoms with E-state index >= 15 is 0 Å². The number of rotatable bonds is 8. The minimum atomic E-state index is -0.651. The molecule has 0 aromatic heterocycles. The van der Waals surface area contributed by atoms with Crippen molar-refractivity contribution in [2.75, 3.05) is 13.7 Å². The first kappa shape index (κ1) is 21.3. The van der Waals surface area contributed by atoms with Crippen molar-refractivity contribution in [2.45, 2.75) is 13.8 Å². The fourth-order valence-electron chi connectivity index (χ4n) is 2.34. The molecular weight excluding hydrogens is 384 g/mol. The lowest BCUT2D eigenvalue weighted by Crippen LogP contribution is -2.25. The standard InChI is InChI=1S/C18H18N4O7/c1-11-4-6-17(14(8-11)21(24)25)29-10-18(23)20-19-12(2)13-5-7-16(28-3)15(9-13)22(26)27/h4-9H,10H2,1-3H3,(H,20,23)/b19-12+. The highest BCUT2D eigenvalue weighted by molar-refractivity contribution is 6.00. The number of nitro benzene ring substituents is 2. The molecule has 29 heavy (non-hydrogen) atoms. The molecular formula is C18H18N4O7. The van der Waals surface area contributed by atoms with Crippen LogP contribution in [-0.4, -0.2) is 35.2 Å². The number of methoxy groups -OCH3 is 1. The van der Waals surface area contributed by atoms with Crippen LogP contribution in [0.5, 0.6) is 11.5 Å². The van der Waals surface area contributed by atoms with Crippen LogP contribution in [0.25, 0.3) is 0 Å². The van der Waals surface area contributed by atoms with Gasteiger partial charge >= 0.3 is 11.4 Å². The zero-order valence-electron chi connectivity index (χ0n) is 15.9. The van der Waals surface area contributed by atoms with Crippen molar-refractivity contribution in [2.24, 2.45) is 5.10 Å². The zero-order valence-corrected chi connectivity index (χ0v) is 15.9. The maximum Gasteiger partial charge on any atom is 0.311 e. The molecule has 2 rings (SSSR count). The molecule has 11 heteroatoms. The Kier molecular flexibility index (Phi) is 6.80. The van der Waals surface area contributed by atoms with Gasteiger partial charge in [0, 0.05) is 17.7 Å².